The van der Waals surface area contributed by atoms with Crippen LogP contribution in [0.3, 0.4) is 0 Å². The molecule has 3 aromatic heterocycles. The minimum absolute atomic E-state index is 0.842. The minimum atomic E-state index is 0.842. The maximum absolute atomic E-state index is 5.94. The second-order valence-corrected chi connectivity index (χ2v) is 5.69. The topological polar surface area (TPSA) is 29.9 Å². The highest BCUT2D eigenvalue weighted by molar-refractivity contribution is 7.20. The maximum Gasteiger partial charge on any atom is 0.275 e. The molecule has 4 aromatic rings. The quantitative estimate of drug-likeness (QED) is 0.402. The molecule has 1 aromatic carbocycles. The van der Waals surface area contributed by atoms with Crippen LogP contribution in [0.4, 0.5) is 0 Å². The molecule has 0 radical (unpaired) electrons. The van der Waals surface area contributed by atoms with Gasteiger partial charge in [0.15, 0.2) is 6.54 Å². The standard InChI is InChI=1S/C15H9N2OS/c1-2-6-12-10(4-1)13-15(18-12)19-14-9-5-3-7-16-11(9)8-17(13)14/h1-7H,8H2/q+1. The molecule has 0 amide bonds. The third kappa shape index (κ3) is 1.12. The fraction of sp³-hybridized carbons (Fsp3) is 0.0667. The Hall–Kier alpha value is -2.20. The number of rotatable bonds is 0. The summed E-state index contributed by atoms with van der Waals surface area (Å²) in [5, 5.41) is 2.44. The van der Waals surface area contributed by atoms with Gasteiger partial charge >= 0.3 is 0 Å². The van der Waals surface area contributed by atoms with Crippen LogP contribution in [0.15, 0.2) is 47.0 Å². The number of thiazole rings is 1. The first-order valence-electron chi connectivity index (χ1n) is 6.20. The van der Waals surface area contributed by atoms with E-state index in [1.165, 1.54) is 21.5 Å². The smallest absolute Gasteiger partial charge is 0.275 e. The summed E-state index contributed by atoms with van der Waals surface area (Å²) in [4.78, 5) is 5.48. The monoisotopic (exact) mass is 265 g/mol. The normalized spacial score (nSPS) is 13.1. The fourth-order valence-corrected chi connectivity index (χ4v) is 4.02. The van der Waals surface area contributed by atoms with Gasteiger partial charge in [0, 0.05) is 6.20 Å². The van der Waals surface area contributed by atoms with Gasteiger partial charge in [-0.3, -0.25) is 4.98 Å². The zero-order valence-electron chi connectivity index (χ0n) is 9.96. The van der Waals surface area contributed by atoms with Crippen molar-refractivity contribution in [1.29, 1.82) is 0 Å². The summed E-state index contributed by atoms with van der Waals surface area (Å²) in [6.07, 6.45) is 1.86. The second-order valence-electron chi connectivity index (χ2n) is 4.73. The van der Waals surface area contributed by atoms with Crippen LogP contribution in [0.5, 0.6) is 0 Å². The first-order valence-corrected chi connectivity index (χ1v) is 7.01. The molecule has 0 aliphatic carbocycles. The van der Waals surface area contributed by atoms with Crippen molar-refractivity contribution in [1.82, 2.24) is 4.98 Å². The molecule has 0 spiro atoms. The van der Waals surface area contributed by atoms with Gasteiger partial charge < -0.3 is 4.42 Å². The molecule has 0 atom stereocenters. The molecule has 0 bridgehead atoms. The lowest BCUT2D eigenvalue weighted by molar-refractivity contribution is -0.641. The molecular weight excluding hydrogens is 256 g/mol. The van der Waals surface area contributed by atoms with Crippen molar-refractivity contribution in [2.45, 2.75) is 6.54 Å². The van der Waals surface area contributed by atoms with Crippen molar-refractivity contribution < 1.29 is 8.98 Å². The molecule has 4 heteroatoms. The highest BCUT2D eigenvalue weighted by atomic mass is 32.1. The van der Waals surface area contributed by atoms with E-state index in [1.807, 2.05) is 24.4 Å². The molecule has 0 saturated carbocycles. The van der Waals surface area contributed by atoms with E-state index in [0.29, 0.717) is 0 Å². The van der Waals surface area contributed by atoms with Crippen LogP contribution in [-0.4, -0.2) is 4.98 Å². The summed E-state index contributed by atoms with van der Waals surface area (Å²) in [6.45, 7) is 0.842. The predicted molar refractivity (Wildman–Crippen MR) is 74.1 cm³/mol. The number of furan rings is 1. The second kappa shape index (κ2) is 3.22. The highest BCUT2D eigenvalue weighted by Gasteiger charge is 2.35. The summed E-state index contributed by atoms with van der Waals surface area (Å²) in [6, 6.07) is 12.3. The Morgan fingerprint density at radius 2 is 2.11 bits per heavy atom. The van der Waals surface area contributed by atoms with E-state index in [-0.39, 0.29) is 0 Å². The Balaban J connectivity index is 1.94. The summed E-state index contributed by atoms with van der Waals surface area (Å²) >= 11 is 1.71. The van der Waals surface area contributed by atoms with Crippen LogP contribution in [-0.2, 0) is 6.54 Å². The molecule has 1 aliphatic heterocycles. The van der Waals surface area contributed by atoms with E-state index >= 15 is 0 Å². The number of nitrogens with zero attached hydrogens (tertiary/aromatic N) is 2. The van der Waals surface area contributed by atoms with Gasteiger partial charge in [-0.25, -0.2) is 0 Å². The van der Waals surface area contributed by atoms with Crippen molar-refractivity contribution in [3.63, 3.8) is 0 Å². The molecule has 0 fully saturated rings. The lowest BCUT2D eigenvalue weighted by Crippen LogP contribution is -2.30. The summed E-state index contributed by atoms with van der Waals surface area (Å²) in [7, 11) is 0. The SMILES string of the molecule is c1cnc2c(c1)-c1sc3oc4ccccc4c3[n+]1C2. The van der Waals surface area contributed by atoms with E-state index in [4.69, 9.17) is 4.42 Å². The zero-order valence-corrected chi connectivity index (χ0v) is 10.8. The third-order valence-corrected chi connectivity index (χ3v) is 4.77. The van der Waals surface area contributed by atoms with Crippen molar-refractivity contribution in [2.75, 3.05) is 0 Å². The van der Waals surface area contributed by atoms with E-state index in [9.17, 15) is 0 Å². The Morgan fingerprint density at radius 3 is 3.11 bits per heavy atom. The first kappa shape index (κ1) is 9.69. The van der Waals surface area contributed by atoms with Crippen LogP contribution in [0.2, 0.25) is 0 Å². The third-order valence-electron chi connectivity index (χ3n) is 3.67. The Labute approximate surface area is 112 Å². The van der Waals surface area contributed by atoms with Gasteiger partial charge in [0.05, 0.1) is 10.9 Å². The first-order chi connectivity index (χ1) is 9.42. The molecular formula is C15H9N2OS+. The van der Waals surface area contributed by atoms with Crippen LogP contribution in [0.1, 0.15) is 5.69 Å². The molecule has 1 aliphatic rings. The van der Waals surface area contributed by atoms with Gasteiger partial charge in [0.1, 0.15) is 11.3 Å². The average molecular weight is 265 g/mol. The van der Waals surface area contributed by atoms with E-state index in [2.05, 4.69) is 27.8 Å². The van der Waals surface area contributed by atoms with Gasteiger partial charge in [-0.05, 0) is 35.6 Å². The van der Waals surface area contributed by atoms with Gasteiger partial charge in [-0.1, -0.05) is 12.1 Å². The molecule has 90 valence electrons. The van der Waals surface area contributed by atoms with Gasteiger partial charge in [-0.2, -0.15) is 4.57 Å². The largest absolute Gasteiger partial charge is 0.439 e. The predicted octanol–water partition coefficient (Wildman–Crippen LogP) is 3.36. The number of aromatic nitrogens is 2. The number of hydrogen-bond donors (Lipinski definition) is 0. The number of benzene rings is 1. The summed E-state index contributed by atoms with van der Waals surface area (Å²) in [5.74, 6) is 0. The average Bonchev–Trinajstić information content (AvgIpc) is 3.05. The molecule has 3 nitrogen and oxygen atoms in total. The van der Waals surface area contributed by atoms with Crippen molar-refractivity contribution >= 4 is 32.7 Å². The molecule has 19 heavy (non-hydrogen) atoms. The van der Waals surface area contributed by atoms with Crippen LogP contribution in [0, 0.1) is 0 Å². The molecule has 0 N–H and O–H groups in total. The highest BCUT2D eigenvalue weighted by Crippen LogP contribution is 2.38. The zero-order chi connectivity index (χ0) is 12.4. The number of fused-ring (bicyclic) bond motifs is 7. The van der Waals surface area contributed by atoms with E-state index < -0.39 is 0 Å². The van der Waals surface area contributed by atoms with Crippen molar-refractivity contribution in [3.05, 3.63) is 48.3 Å². The minimum Gasteiger partial charge on any atom is -0.439 e. The van der Waals surface area contributed by atoms with E-state index in [0.717, 1.165) is 22.7 Å². The van der Waals surface area contributed by atoms with Crippen LogP contribution in [0.25, 0.3) is 32.0 Å². The Morgan fingerprint density at radius 1 is 1.16 bits per heavy atom. The van der Waals surface area contributed by atoms with Crippen molar-refractivity contribution in [2.24, 2.45) is 0 Å². The number of pyridine rings is 1. The Bertz CT molecular complexity index is 951. The number of para-hydroxylation sites is 1. The van der Waals surface area contributed by atoms with Crippen LogP contribution < -0.4 is 4.57 Å². The molecule has 4 heterocycles. The van der Waals surface area contributed by atoms with Gasteiger partial charge in [-0.15, -0.1) is 0 Å². The lowest BCUT2D eigenvalue weighted by Gasteiger charge is -1.88. The Kier molecular flexibility index (Phi) is 1.64. The molecule has 0 unspecified atom stereocenters. The van der Waals surface area contributed by atoms with Crippen molar-refractivity contribution in [3.8, 4) is 10.6 Å². The molecule has 0 saturated heterocycles. The van der Waals surface area contributed by atoms with E-state index in [1.54, 1.807) is 11.3 Å². The maximum atomic E-state index is 5.94. The number of hydrogen-bond acceptors (Lipinski definition) is 3. The summed E-state index contributed by atoms with van der Waals surface area (Å²) in [5.41, 5.74) is 4.56. The summed E-state index contributed by atoms with van der Waals surface area (Å²) < 4.78 is 8.26. The molecule has 5 rings (SSSR count). The van der Waals surface area contributed by atoms with Gasteiger partial charge in [0.25, 0.3) is 15.4 Å². The fourth-order valence-electron chi connectivity index (χ4n) is 2.84. The van der Waals surface area contributed by atoms with Gasteiger partial charge in [0.2, 0.25) is 0 Å². The lowest BCUT2D eigenvalue weighted by atomic mass is 10.2. The van der Waals surface area contributed by atoms with Crippen LogP contribution >= 0.6 is 11.3 Å².